The van der Waals surface area contributed by atoms with E-state index in [1.54, 1.807) is 18.2 Å². The van der Waals surface area contributed by atoms with Crippen LogP contribution in [0.3, 0.4) is 0 Å². The Morgan fingerprint density at radius 1 is 1.28 bits per heavy atom. The average Bonchev–Trinajstić information content (AvgIpc) is 2.40. The summed E-state index contributed by atoms with van der Waals surface area (Å²) in [7, 11) is 0. The van der Waals surface area contributed by atoms with Crippen molar-refractivity contribution in [3.05, 3.63) is 42.3 Å². The molecule has 1 fully saturated rings. The molecule has 0 unspecified atom stereocenters. The lowest BCUT2D eigenvalue weighted by Gasteiger charge is -2.21. The molecule has 1 aromatic carbocycles. The molecule has 0 heterocycles. The average molecular weight is 243 g/mol. The molecule has 0 bridgehead atoms. The summed E-state index contributed by atoms with van der Waals surface area (Å²) in [6, 6.07) is 7.12. The molecule has 0 saturated heterocycles. The van der Waals surface area contributed by atoms with Gasteiger partial charge in [0, 0.05) is 12.1 Å². The molecule has 96 valence electrons. The lowest BCUT2D eigenvalue weighted by atomic mass is 9.87. The van der Waals surface area contributed by atoms with Gasteiger partial charge in [-0.05, 0) is 37.0 Å². The molecule has 1 aliphatic rings. The van der Waals surface area contributed by atoms with E-state index in [0.717, 1.165) is 18.9 Å². The first-order valence-electron chi connectivity index (χ1n) is 6.89. The first kappa shape index (κ1) is 13.1. The zero-order valence-corrected chi connectivity index (χ0v) is 10.8. The first-order valence-corrected chi connectivity index (χ1v) is 6.89. The third-order valence-electron chi connectivity index (χ3n) is 3.71. The second-order valence-electron chi connectivity index (χ2n) is 5.17. The van der Waals surface area contributed by atoms with Gasteiger partial charge in [0.25, 0.3) is 5.91 Å². The molecule has 0 aromatic heterocycles. The molecule has 2 nitrogen and oxygen atoms in total. The van der Waals surface area contributed by atoms with Crippen LogP contribution in [0.4, 0.5) is 0 Å². The summed E-state index contributed by atoms with van der Waals surface area (Å²) in [5.74, 6) is 0.790. The first-order chi connectivity index (χ1) is 8.75. The smallest absolute Gasteiger partial charge is 0.251 e. The molecule has 1 aliphatic carbocycles. The van der Waals surface area contributed by atoms with Crippen LogP contribution in [-0.4, -0.2) is 12.5 Å². The summed E-state index contributed by atoms with van der Waals surface area (Å²) in [5.41, 5.74) is 1.29. The van der Waals surface area contributed by atoms with Gasteiger partial charge < -0.3 is 5.32 Å². The number of hydrogen-bond donors (Lipinski definition) is 1. The van der Waals surface area contributed by atoms with E-state index in [1.165, 1.54) is 32.1 Å². The molecule has 1 saturated carbocycles. The van der Waals surface area contributed by atoms with Gasteiger partial charge in [-0.2, -0.15) is 0 Å². The van der Waals surface area contributed by atoms with E-state index in [4.69, 9.17) is 6.92 Å². The number of benzene rings is 1. The topological polar surface area (TPSA) is 29.1 Å². The van der Waals surface area contributed by atoms with Crippen LogP contribution in [0.1, 0.15) is 54.4 Å². The van der Waals surface area contributed by atoms with E-state index < -0.39 is 0 Å². The quantitative estimate of drug-likeness (QED) is 0.862. The largest absolute Gasteiger partial charge is 0.352 e. The van der Waals surface area contributed by atoms with Gasteiger partial charge in [0.1, 0.15) is 0 Å². The fourth-order valence-corrected chi connectivity index (χ4v) is 2.65. The molecule has 1 N–H and O–H groups in total. The number of carbonyl (C=O) groups is 1. The highest BCUT2D eigenvalue weighted by Crippen LogP contribution is 2.25. The Morgan fingerprint density at radius 2 is 2.06 bits per heavy atom. The lowest BCUT2D eigenvalue weighted by molar-refractivity contribution is 0.0950. The minimum absolute atomic E-state index is 0.0156. The molecule has 2 radical (unpaired) electrons. The van der Waals surface area contributed by atoms with Crippen LogP contribution < -0.4 is 5.32 Å². The van der Waals surface area contributed by atoms with E-state index in [9.17, 15) is 4.79 Å². The molecule has 0 atom stereocenters. The summed E-state index contributed by atoms with van der Waals surface area (Å²) < 4.78 is 0. The maximum atomic E-state index is 11.9. The van der Waals surface area contributed by atoms with Crippen molar-refractivity contribution in [2.75, 3.05) is 6.54 Å². The van der Waals surface area contributed by atoms with E-state index in [-0.39, 0.29) is 5.91 Å². The van der Waals surface area contributed by atoms with Crippen molar-refractivity contribution < 1.29 is 4.79 Å². The number of nitrogens with one attached hydrogen (secondary N) is 1. The van der Waals surface area contributed by atoms with E-state index in [2.05, 4.69) is 5.32 Å². The molecule has 1 aromatic rings. The van der Waals surface area contributed by atoms with Crippen molar-refractivity contribution in [3.8, 4) is 0 Å². The lowest BCUT2D eigenvalue weighted by Crippen LogP contribution is -2.26. The van der Waals surface area contributed by atoms with Gasteiger partial charge in [-0.25, -0.2) is 0 Å². The third-order valence-corrected chi connectivity index (χ3v) is 3.71. The van der Waals surface area contributed by atoms with Gasteiger partial charge in [0.05, 0.1) is 0 Å². The standard InChI is InChI=1S/C16H21NO/c1-13-6-5-9-15(12-13)16(18)17-11-10-14-7-3-2-4-8-14/h1,5-6,9,12,14H,2-4,7-8,10-11H2,(H,17,18). The molecule has 0 spiro atoms. The SMILES string of the molecule is [CH]c1cccc(C(=O)NCCC2CCCCC2)c1. The number of rotatable bonds is 4. The van der Waals surface area contributed by atoms with Crippen molar-refractivity contribution in [2.45, 2.75) is 38.5 Å². The van der Waals surface area contributed by atoms with Gasteiger partial charge in [0.15, 0.2) is 0 Å². The zero-order chi connectivity index (χ0) is 12.8. The van der Waals surface area contributed by atoms with E-state index >= 15 is 0 Å². The number of carbonyl (C=O) groups excluding carboxylic acids is 1. The Hall–Kier alpha value is -1.31. The molecule has 18 heavy (non-hydrogen) atoms. The monoisotopic (exact) mass is 243 g/mol. The Kier molecular flexibility index (Phi) is 4.80. The maximum Gasteiger partial charge on any atom is 0.251 e. The summed E-state index contributed by atoms with van der Waals surface area (Å²) >= 11 is 0. The van der Waals surface area contributed by atoms with Crippen molar-refractivity contribution >= 4 is 5.91 Å². The van der Waals surface area contributed by atoms with Crippen molar-refractivity contribution in [3.63, 3.8) is 0 Å². The van der Waals surface area contributed by atoms with Crippen LogP contribution >= 0.6 is 0 Å². The Bertz CT molecular complexity index is 394. The van der Waals surface area contributed by atoms with Crippen LogP contribution in [0.15, 0.2) is 24.3 Å². The Labute approximate surface area is 110 Å². The van der Waals surface area contributed by atoms with Crippen LogP contribution in [0.2, 0.25) is 0 Å². The maximum absolute atomic E-state index is 11.9. The van der Waals surface area contributed by atoms with E-state index in [0.29, 0.717) is 11.1 Å². The Balaban J connectivity index is 1.74. The fourth-order valence-electron chi connectivity index (χ4n) is 2.65. The summed E-state index contributed by atoms with van der Waals surface area (Å²) in [5, 5.41) is 2.98. The van der Waals surface area contributed by atoms with Crippen LogP contribution in [0.5, 0.6) is 0 Å². The summed E-state index contributed by atoms with van der Waals surface area (Å²) in [4.78, 5) is 11.9. The van der Waals surface area contributed by atoms with Crippen molar-refractivity contribution in [1.82, 2.24) is 5.32 Å². The van der Waals surface area contributed by atoms with Crippen molar-refractivity contribution in [2.24, 2.45) is 5.92 Å². The molecular weight excluding hydrogens is 222 g/mol. The number of hydrogen-bond acceptors (Lipinski definition) is 1. The summed E-state index contributed by atoms with van der Waals surface area (Å²) in [6.45, 7) is 6.44. The second kappa shape index (κ2) is 6.58. The predicted octanol–water partition coefficient (Wildman–Crippen LogP) is 3.45. The highest BCUT2D eigenvalue weighted by molar-refractivity contribution is 5.94. The van der Waals surface area contributed by atoms with Gasteiger partial charge >= 0.3 is 0 Å². The molecule has 1 amide bonds. The van der Waals surface area contributed by atoms with Crippen LogP contribution in [-0.2, 0) is 0 Å². The van der Waals surface area contributed by atoms with Crippen molar-refractivity contribution in [1.29, 1.82) is 0 Å². The minimum Gasteiger partial charge on any atom is -0.352 e. The predicted molar refractivity (Wildman–Crippen MR) is 73.4 cm³/mol. The van der Waals surface area contributed by atoms with E-state index in [1.807, 2.05) is 6.07 Å². The zero-order valence-electron chi connectivity index (χ0n) is 10.8. The molecule has 2 heteroatoms. The minimum atomic E-state index is -0.0156. The van der Waals surface area contributed by atoms with Crippen LogP contribution in [0, 0.1) is 12.8 Å². The molecule has 0 aliphatic heterocycles. The number of amides is 1. The van der Waals surface area contributed by atoms with Crippen LogP contribution in [0.25, 0.3) is 0 Å². The van der Waals surface area contributed by atoms with Gasteiger partial charge in [-0.1, -0.05) is 44.2 Å². The molecular formula is C16H21NO. The second-order valence-corrected chi connectivity index (χ2v) is 5.17. The molecule has 2 rings (SSSR count). The fraction of sp³-hybridized carbons (Fsp3) is 0.500. The highest BCUT2D eigenvalue weighted by atomic mass is 16.1. The van der Waals surface area contributed by atoms with Gasteiger partial charge in [-0.15, -0.1) is 0 Å². The summed E-state index contributed by atoms with van der Waals surface area (Å²) in [6.07, 6.45) is 7.85. The highest BCUT2D eigenvalue weighted by Gasteiger charge is 2.13. The Morgan fingerprint density at radius 3 is 2.78 bits per heavy atom. The van der Waals surface area contributed by atoms with Gasteiger partial charge in [0.2, 0.25) is 0 Å². The van der Waals surface area contributed by atoms with Gasteiger partial charge in [-0.3, -0.25) is 4.79 Å². The normalized spacial score (nSPS) is 16.5. The third kappa shape index (κ3) is 3.86.